The Morgan fingerprint density at radius 1 is 1.40 bits per heavy atom. The minimum atomic E-state index is -0.796. The van der Waals surface area contributed by atoms with Gasteiger partial charge in [-0.2, -0.15) is 0 Å². The Balaban J connectivity index is 0. The van der Waals surface area contributed by atoms with Crippen LogP contribution >= 0.6 is 0 Å². The van der Waals surface area contributed by atoms with Crippen LogP contribution in [-0.4, -0.2) is 40.4 Å². The van der Waals surface area contributed by atoms with Crippen molar-refractivity contribution in [3.8, 4) is 0 Å². The Morgan fingerprint density at radius 2 is 1.60 bits per heavy atom. The van der Waals surface area contributed by atoms with E-state index in [-0.39, 0.29) is 6.61 Å². The SMILES string of the molecule is CC(O)C=O.CC(O)CO. The van der Waals surface area contributed by atoms with Crippen LogP contribution in [0.3, 0.4) is 0 Å². The summed E-state index contributed by atoms with van der Waals surface area (Å²) in [7, 11) is 0. The molecular weight excluding hydrogens is 136 g/mol. The molecule has 0 aliphatic heterocycles. The van der Waals surface area contributed by atoms with Crippen molar-refractivity contribution in [2.75, 3.05) is 6.61 Å². The Kier molecular flexibility index (Phi) is 10.5. The zero-order valence-electron chi connectivity index (χ0n) is 6.19. The number of carbonyl (C=O) groups excluding carboxylic acids is 1. The number of hydrogen-bond acceptors (Lipinski definition) is 4. The third kappa shape index (κ3) is 25.7. The summed E-state index contributed by atoms with van der Waals surface area (Å²) >= 11 is 0. The zero-order chi connectivity index (χ0) is 8.57. The van der Waals surface area contributed by atoms with Crippen LogP contribution in [0.5, 0.6) is 0 Å². The first-order valence-electron chi connectivity index (χ1n) is 2.96. The van der Waals surface area contributed by atoms with Crippen LogP contribution in [0.25, 0.3) is 0 Å². The molecule has 2 atom stereocenters. The van der Waals surface area contributed by atoms with Crippen molar-refractivity contribution in [2.24, 2.45) is 0 Å². The van der Waals surface area contributed by atoms with E-state index in [2.05, 4.69) is 0 Å². The minimum absolute atomic E-state index is 0.139. The fraction of sp³-hybridized carbons (Fsp3) is 0.833. The van der Waals surface area contributed by atoms with Gasteiger partial charge in [-0.05, 0) is 13.8 Å². The fourth-order valence-electron chi connectivity index (χ4n) is 0. The molecule has 0 aliphatic carbocycles. The molecule has 0 aliphatic rings. The van der Waals surface area contributed by atoms with Gasteiger partial charge in [0.2, 0.25) is 0 Å². The van der Waals surface area contributed by atoms with Gasteiger partial charge in [-0.15, -0.1) is 0 Å². The van der Waals surface area contributed by atoms with Crippen LogP contribution in [0.1, 0.15) is 13.8 Å². The molecule has 4 nitrogen and oxygen atoms in total. The van der Waals surface area contributed by atoms with Crippen LogP contribution in [0, 0.1) is 0 Å². The molecule has 0 radical (unpaired) electrons. The van der Waals surface area contributed by atoms with Crippen LogP contribution < -0.4 is 0 Å². The minimum Gasteiger partial charge on any atom is -0.394 e. The monoisotopic (exact) mass is 150 g/mol. The second-order valence-electron chi connectivity index (χ2n) is 1.91. The average molecular weight is 150 g/mol. The van der Waals surface area contributed by atoms with Gasteiger partial charge in [-0.25, -0.2) is 0 Å². The molecular formula is C6H14O4. The molecule has 4 heteroatoms. The number of aldehydes is 1. The lowest BCUT2D eigenvalue weighted by Crippen LogP contribution is -2.03. The summed E-state index contributed by atoms with van der Waals surface area (Å²) < 4.78 is 0. The molecule has 0 aromatic carbocycles. The summed E-state index contributed by atoms with van der Waals surface area (Å²) in [5.41, 5.74) is 0. The highest BCUT2D eigenvalue weighted by molar-refractivity contribution is 5.54. The van der Waals surface area contributed by atoms with Gasteiger partial charge in [-0.1, -0.05) is 0 Å². The lowest BCUT2D eigenvalue weighted by molar-refractivity contribution is -0.114. The zero-order valence-corrected chi connectivity index (χ0v) is 6.19. The van der Waals surface area contributed by atoms with Gasteiger partial charge >= 0.3 is 0 Å². The van der Waals surface area contributed by atoms with Crippen LogP contribution in [0.4, 0.5) is 0 Å². The third-order valence-electron chi connectivity index (χ3n) is 0.461. The largest absolute Gasteiger partial charge is 0.394 e. The molecule has 62 valence electrons. The van der Waals surface area contributed by atoms with Gasteiger partial charge in [0.05, 0.1) is 12.7 Å². The number of carbonyl (C=O) groups is 1. The molecule has 0 saturated carbocycles. The van der Waals surface area contributed by atoms with E-state index in [4.69, 9.17) is 15.3 Å². The highest BCUT2D eigenvalue weighted by atomic mass is 16.3. The summed E-state index contributed by atoms with van der Waals surface area (Å²) in [5, 5.41) is 24.0. The molecule has 0 fully saturated rings. The number of hydrogen-bond donors (Lipinski definition) is 3. The van der Waals surface area contributed by atoms with Gasteiger partial charge in [0, 0.05) is 0 Å². The van der Waals surface area contributed by atoms with E-state index in [9.17, 15) is 4.79 Å². The first-order chi connectivity index (χ1) is 4.54. The van der Waals surface area contributed by atoms with E-state index in [0.29, 0.717) is 6.29 Å². The van der Waals surface area contributed by atoms with E-state index in [1.807, 2.05) is 0 Å². The van der Waals surface area contributed by atoms with Gasteiger partial charge in [-0.3, -0.25) is 0 Å². The van der Waals surface area contributed by atoms with Gasteiger partial charge in [0.15, 0.2) is 0 Å². The first kappa shape index (κ1) is 12.2. The van der Waals surface area contributed by atoms with Crippen LogP contribution in [0.15, 0.2) is 0 Å². The van der Waals surface area contributed by atoms with Crippen molar-refractivity contribution in [1.29, 1.82) is 0 Å². The predicted molar refractivity (Wildman–Crippen MR) is 36.5 cm³/mol. The molecule has 0 amide bonds. The molecule has 0 heterocycles. The molecule has 0 aromatic rings. The molecule has 0 saturated heterocycles. The molecule has 10 heavy (non-hydrogen) atoms. The summed E-state index contributed by atoms with van der Waals surface area (Å²) in [6, 6.07) is 0. The fourth-order valence-corrected chi connectivity index (χ4v) is 0. The summed E-state index contributed by atoms with van der Waals surface area (Å²) in [6.07, 6.45) is -0.884. The Labute approximate surface area is 60.1 Å². The maximum atomic E-state index is 9.25. The summed E-state index contributed by atoms with van der Waals surface area (Å²) in [4.78, 5) is 9.25. The van der Waals surface area contributed by atoms with E-state index in [1.165, 1.54) is 13.8 Å². The molecule has 0 rings (SSSR count). The van der Waals surface area contributed by atoms with E-state index in [1.54, 1.807) is 0 Å². The highest BCUT2D eigenvalue weighted by Crippen LogP contribution is 1.68. The van der Waals surface area contributed by atoms with Crippen molar-refractivity contribution >= 4 is 6.29 Å². The molecule has 0 spiro atoms. The summed E-state index contributed by atoms with van der Waals surface area (Å²) in [5.74, 6) is 0. The molecule has 2 unspecified atom stereocenters. The Hall–Kier alpha value is -0.450. The Morgan fingerprint density at radius 3 is 1.60 bits per heavy atom. The van der Waals surface area contributed by atoms with Crippen LogP contribution in [0.2, 0.25) is 0 Å². The van der Waals surface area contributed by atoms with Gasteiger partial charge in [0.25, 0.3) is 0 Å². The van der Waals surface area contributed by atoms with Crippen molar-refractivity contribution in [1.82, 2.24) is 0 Å². The normalized spacial score (nSPS) is 14.5. The lowest BCUT2D eigenvalue weighted by Gasteiger charge is -1.90. The highest BCUT2D eigenvalue weighted by Gasteiger charge is 1.83. The number of rotatable bonds is 2. The van der Waals surface area contributed by atoms with Crippen molar-refractivity contribution in [2.45, 2.75) is 26.1 Å². The predicted octanol–water partition coefficient (Wildman–Crippen LogP) is -1.07. The number of aliphatic hydroxyl groups is 3. The molecule has 3 N–H and O–H groups in total. The average Bonchev–Trinajstić information content (AvgIpc) is 1.89. The van der Waals surface area contributed by atoms with Crippen molar-refractivity contribution in [3.63, 3.8) is 0 Å². The van der Waals surface area contributed by atoms with E-state index < -0.39 is 12.2 Å². The van der Waals surface area contributed by atoms with Gasteiger partial charge in [0.1, 0.15) is 12.4 Å². The van der Waals surface area contributed by atoms with Crippen molar-refractivity contribution in [3.05, 3.63) is 0 Å². The van der Waals surface area contributed by atoms with E-state index in [0.717, 1.165) is 0 Å². The molecule has 0 bridgehead atoms. The topological polar surface area (TPSA) is 77.8 Å². The van der Waals surface area contributed by atoms with Gasteiger partial charge < -0.3 is 20.1 Å². The maximum absolute atomic E-state index is 9.25. The molecule has 0 aromatic heterocycles. The van der Waals surface area contributed by atoms with E-state index >= 15 is 0 Å². The standard InChI is InChI=1S/C3H8O2.C3H6O2/c2*1-3(5)2-4/h3-5H,2H2,1H3;2-3,5H,1H3. The second kappa shape index (κ2) is 8.55. The Bertz CT molecular complexity index is 70.1. The summed E-state index contributed by atoms with van der Waals surface area (Å²) in [6.45, 7) is 2.80. The third-order valence-corrected chi connectivity index (χ3v) is 0.461. The number of aliphatic hydroxyl groups excluding tert-OH is 3. The lowest BCUT2D eigenvalue weighted by atomic mass is 10.5. The maximum Gasteiger partial charge on any atom is 0.148 e. The first-order valence-corrected chi connectivity index (χ1v) is 2.96. The van der Waals surface area contributed by atoms with Crippen molar-refractivity contribution < 1.29 is 20.1 Å². The smallest absolute Gasteiger partial charge is 0.148 e. The quantitative estimate of drug-likeness (QED) is 0.438. The second-order valence-corrected chi connectivity index (χ2v) is 1.91. The van der Waals surface area contributed by atoms with Crippen LogP contribution in [-0.2, 0) is 4.79 Å².